The topological polar surface area (TPSA) is 108 Å². The Kier molecular flexibility index (Phi) is 7.27. The monoisotopic (exact) mass is 457 g/mol. The number of phenols is 1. The Bertz CT molecular complexity index is 1050. The fourth-order valence-electron chi connectivity index (χ4n) is 2.71. The molecule has 1 aliphatic heterocycles. The number of aromatic hydroxyl groups is 1. The molecule has 1 aliphatic rings. The van der Waals surface area contributed by atoms with E-state index in [1.807, 2.05) is 18.2 Å². The molecule has 0 atom stereocenters. The quantitative estimate of drug-likeness (QED) is 0.347. The molecule has 0 aliphatic carbocycles. The fraction of sp³-hybridized carbons (Fsp3) is 0.143. The van der Waals surface area contributed by atoms with Crippen LogP contribution in [-0.4, -0.2) is 45.7 Å². The van der Waals surface area contributed by atoms with Crippen molar-refractivity contribution in [2.75, 3.05) is 13.7 Å². The number of hydrazine groups is 1. The minimum absolute atomic E-state index is 0.0313. The van der Waals surface area contributed by atoms with Gasteiger partial charge in [-0.3, -0.25) is 30.1 Å². The highest BCUT2D eigenvalue weighted by molar-refractivity contribution is 8.26. The molecule has 3 N–H and O–H groups in total. The Hall–Kier alpha value is -3.37. The van der Waals surface area contributed by atoms with E-state index >= 15 is 0 Å². The lowest BCUT2D eigenvalue weighted by atomic mass is 10.2. The molecular formula is C21H19N3O5S2. The van der Waals surface area contributed by atoms with E-state index < -0.39 is 11.8 Å². The van der Waals surface area contributed by atoms with Crippen LogP contribution in [0, 0.1) is 0 Å². The van der Waals surface area contributed by atoms with Crippen LogP contribution in [0.1, 0.15) is 22.3 Å². The number of rotatable bonds is 6. The minimum Gasteiger partial charge on any atom is -0.508 e. The zero-order chi connectivity index (χ0) is 22.4. The van der Waals surface area contributed by atoms with Crippen LogP contribution in [0.25, 0.3) is 6.08 Å². The standard InChI is InChI=1S/C21H19N3O5S2/c1-29-16-5-3-2-4-14(16)12-17-20(28)24(21(30)31-17)11-10-18(26)22-23-19(27)13-6-8-15(25)9-7-13/h2-9,12,25H,10-11H2,1H3,(H,22,26)(H,23,27)/b17-12-. The van der Waals surface area contributed by atoms with Crippen molar-refractivity contribution in [1.29, 1.82) is 0 Å². The molecule has 2 aromatic rings. The van der Waals surface area contributed by atoms with E-state index in [4.69, 9.17) is 17.0 Å². The summed E-state index contributed by atoms with van der Waals surface area (Å²) in [5.74, 6) is -0.629. The van der Waals surface area contributed by atoms with Gasteiger partial charge in [0.05, 0.1) is 12.0 Å². The van der Waals surface area contributed by atoms with Gasteiger partial charge in [0, 0.05) is 24.1 Å². The number of carbonyl (C=O) groups excluding carboxylic acids is 3. The van der Waals surface area contributed by atoms with Gasteiger partial charge in [0.15, 0.2) is 0 Å². The van der Waals surface area contributed by atoms with Crippen LogP contribution >= 0.6 is 24.0 Å². The van der Waals surface area contributed by atoms with Crippen LogP contribution in [0.4, 0.5) is 0 Å². The lowest BCUT2D eigenvalue weighted by Gasteiger charge is -2.14. The Morgan fingerprint density at radius 3 is 2.58 bits per heavy atom. The van der Waals surface area contributed by atoms with Crippen molar-refractivity contribution >= 4 is 52.1 Å². The molecule has 1 heterocycles. The molecule has 0 unspecified atom stereocenters. The number of phenolic OH excluding ortho intramolecular Hbond substituents is 1. The third-order valence-electron chi connectivity index (χ3n) is 4.31. The first-order valence-corrected chi connectivity index (χ1v) is 10.4. The normalized spacial score (nSPS) is 14.6. The average molecular weight is 458 g/mol. The number of hydrogen-bond donors (Lipinski definition) is 3. The van der Waals surface area contributed by atoms with E-state index in [1.54, 1.807) is 19.3 Å². The van der Waals surface area contributed by atoms with Crippen molar-refractivity contribution in [3.8, 4) is 11.5 Å². The molecule has 1 fully saturated rings. The number of nitrogens with zero attached hydrogens (tertiary/aromatic N) is 1. The van der Waals surface area contributed by atoms with Gasteiger partial charge in [0.2, 0.25) is 5.91 Å². The largest absolute Gasteiger partial charge is 0.508 e. The summed E-state index contributed by atoms with van der Waals surface area (Å²) >= 11 is 6.43. The number of amides is 3. The summed E-state index contributed by atoms with van der Waals surface area (Å²) in [7, 11) is 1.55. The van der Waals surface area contributed by atoms with E-state index in [0.717, 1.165) is 17.3 Å². The molecule has 31 heavy (non-hydrogen) atoms. The van der Waals surface area contributed by atoms with E-state index in [2.05, 4.69) is 10.9 Å². The second kappa shape index (κ2) is 10.1. The van der Waals surface area contributed by atoms with Crippen molar-refractivity contribution in [3.63, 3.8) is 0 Å². The summed E-state index contributed by atoms with van der Waals surface area (Å²) in [6, 6.07) is 12.9. The summed E-state index contributed by atoms with van der Waals surface area (Å²) in [5, 5.41) is 9.24. The second-order valence-electron chi connectivity index (χ2n) is 6.37. The number of ether oxygens (including phenoxy) is 1. The van der Waals surface area contributed by atoms with Gasteiger partial charge in [0.25, 0.3) is 11.8 Å². The Balaban J connectivity index is 1.54. The van der Waals surface area contributed by atoms with Gasteiger partial charge in [-0.1, -0.05) is 42.2 Å². The second-order valence-corrected chi connectivity index (χ2v) is 8.05. The number of thioether (sulfide) groups is 1. The maximum Gasteiger partial charge on any atom is 0.269 e. The van der Waals surface area contributed by atoms with Gasteiger partial charge in [-0.25, -0.2) is 0 Å². The van der Waals surface area contributed by atoms with E-state index in [9.17, 15) is 19.5 Å². The van der Waals surface area contributed by atoms with Gasteiger partial charge < -0.3 is 9.84 Å². The molecule has 10 heteroatoms. The van der Waals surface area contributed by atoms with Crippen LogP contribution in [0.3, 0.4) is 0 Å². The molecule has 3 rings (SSSR count). The third kappa shape index (κ3) is 5.62. The van der Waals surface area contributed by atoms with Crippen LogP contribution in [0.15, 0.2) is 53.4 Å². The van der Waals surface area contributed by atoms with Crippen molar-refractivity contribution in [2.45, 2.75) is 6.42 Å². The first-order chi connectivity index (χ1) is 14.9. The van der Waals surface area contributed by atoms with Crippen LogP contribution in [0.5, 0.6) is 11.5 Å². The zero-order valence-electron chi connectivity index (χ0n) is 16.5. The summed E-state index contributed by atoms with van der Waals surface area (Å²) < 4.78 is 5.65. The molecule has 0 aromatic heterocycles. The number of carbonyl (C=O) groups is 3. The number of benzene rings is 2. The number of nitrogens with one attached hydrogen (secondary N) is 2. The first kappa shape index (κ1) is 22.3. The van der Waals surface area contributed by atoms with Gasteiger partial charge in [-0.15, -0.1) is 0 Å². The van der Waals surface area contributed by atoms with Crippen molar-refractivity contribution < 1.29 is 24.2 Å². The molecule has 0 radical (unpaired) electrons. The summed E-state index contributed by atoms with van der Waals surface area (Å²) in [5.41, 5.74) is 5.60. The van der Waals surface area contributed by atoms with E-state index in [-0.39, 0.29) is 30.2 Å². The third-order valence-corrected chi connectivity index (χ3v) is 5.68. The van der Waals surface area contributed by atoms with Crippen LogP contribution in [-0.2, 0) is 9.59 Å². The highest BCUT2D eigenvalue weighted by Gasteiger charge is 2.32. The molecule has 1 saturated heterocycles. The maximum absolute atomic E-state index is 12.7. The summed E-state index contributed by atoms with van der Waals surface area (Å²) in [4.78, 5) is 38.5. The number of para-hydroxylation sites is 1. The number of thiocarbonyl (C=S) groups is 1. The molecule has 0 bridgehead atoms. The van der Waals surface area contributed by atoms with E-state index in [1.165, 1.54) is 29.2 Å². The van der Waals surface area contributed by atoms with Gasteiger partial charge >= 0.3 is 0 Å². The fourth-order valence-corrected chi connectivity index (χ4v) is 4.01. The Labute approximate surface area is 188 Å². The number of methoxy groups -OCH3 is 1. The molecule has 0 saturated carbocycles. The van der Waals surface area contributed by atoms with Gasteiger partial charge in [0.1, 0.15) is 15.8 Å². The predicted octanol–water partition coefficient (Wildman–Crippen LogP) is 2.45. The first-order valence-electron chi connectivity index (χ1n) is 9.15. The minimum atomic E-state index is -0.529. The lowest BCUT2D eigenvalue weighted by Crippen LogP contribution is -2.43. The SMILES string of the molecule is COc1ccccc1/C=C1\SC(=S)N(CCC(=O)NNC(=O)c2ccc(O)cc2)C1=O. The smallest absolute Gasteiger partial charge is 0.269 e. The van der Waals surface area contributed by atoms with E-state index in [0.29, 0.717) is 15.0 Å². The molecule has 160 valence electrons. The van der Waals surface area contributed by atoms with Gasteiger partial charge in [-0.2, -0.15) is 0 Å². The summed E-state index contributed by atoms with van der Waals surface area (Å²) in [6.45, 7) is 0.0782. The lowest BCUT2D eigenvalue weighted by molar-refractivity contribution is -0.124. The number of hydrogen-bond acceptors (Lipinski definition) is 7. The maximum atomic E-state index is 12.7. The van der Waals surface area contributed by atoms with Crippen molar-refractivity contribution in [1.82, 2.24) is 15.8 Å². The predicted molar refractivity (Wildman–Crippen MR) is 121 cm³/mol. The molecule has 0 spiro atoms. The highest BCUT2D eigenvalue weighted by Crippen LogP contribution is 2.34. The molecular weight excluding hydrogens is 438 g/mol. The van der Waals surface area contributed by atoms with Crippen LogP contribution in [0.2, 0.25) is 0 Å². The van der Waals surface area contributed by atoms with Crippen LogP contribution < -0.4 is 15.6 Å². The average Bonchev–Trinajstić information content (AvgIpc) is 3.03. The Morgan fingerprint density at radius 2 is 1.87 bits per heavy atom. The summed E-state index contributed by atoms with van der Waals surface area (Å²) in [6.07, 6.45) is 1.65. The molecule has 8 nitrogen and oxygen atoms in total. The zero-order valence-corrected chi connectivity index (χ0v) is 18.1. The molecule has 2 aromatic carbocycles. The molecule has 3 amide bonds. The Morgan fingerprint density at radius 1 is 1.16 bits per heavy atom. The van der Waals surface area contributed by atoms with Crippen molar-refractivity contribution in [2.24, 2.45) is 0 Å². The van der Waals surface area contributed by atoms with Gasteiger partial charge in [-0.05, 0) is 36.4 Å². The van der Waals surface area contributed by atoms with Crippen molar-refractivity contribution in [3.05, 3.63) is 64.6 Å². The highest BCUT2D eigenvalue weighted by atomic mass is 32.2.